The van der Waals surface area contributed by atoms with Gasteiger partial charge in [-0.3, -0.25) is 4.57 Å². The fourth-order valence-corrected chi connectivity index (χ4v) is 2.51. The van der Waals surface area contributed by atoms with E-state index in [0.717, 1.165) is 12.2 Å². The van der Waals surface area contributed by atoms with Crippen LogP contribution in [0.25, 0.3) is 5.69 Å². The molecular weight excluding hydrogens is 313 g/mol. The average molecular weight is 326 g/mol. The molecule has 1 aliphatic rings. The number of halogens is 2. The van der Waals surface area contributed by atoms with Crippen molar-refractivity contribution in [3.8, 4) is 5.69 Å². The largest absolute Gasteiger partial charge is 0.369 e. The molecule has 0 saturated carbocycles. The zero-order valence-electron chi connectivity index (χ0n) is 10.1. The monoisotopic (exact) mass is 325 g/mol. The van der Waals surface area contributed by atoms with E-state index in [2.05, 4.69) is 26.2 Å². The Labute approximate surface area is 118 Å². The van der Waals surface area contributed by atoms with Crippen LogP contribution in [0.2, 0.25) is 0 Å². The van der Waals surface area contributed by atoms with Crippen LogP contribution in [0.1, 0.15) is 11.8 Å². The van der Waals surface area contributed by atoms with Crippen molar-refractivity contribution in [2.45, 2.75) is 6.10 Å². The van der Waals surface area contributed by atoms with Crippen molar-refractivity contribution in [1.29, 1.82) is 0 Å². The normalized spacial score (nSPS) is 19.6. The number of benzene rings is 1. The van der Waals surface area contributed by atoms with Crippen LogP contribution in [0, 0.1) is 5.82 Å². The molecule has 0 bridgehead atoms. The van der Waals surface area contributed by atoms with Crippen LogP contribution >= 0.6 is 15.9 Å². The molecule has 0 spiro atoms. The smallest absolute Gasteiger partial charge is 0.148 e. The second kappa shape index (κ2) is 5.40. The molecule has 2 aromatic rings. The molecule has 1 aromatic heterocycles. The Morgan fingerprint density at radius 2 is 2.37 bits per heavy atom. The van der Waals surface area contributed by atoms with Gasteiger partial charge in [-0.25, -0.2) is 9.37 Å². The lowest BCUT2D eigenvalue weighted by molar-refractivity contribution is 0.0240. The maximum absolute atomic E-state index is 14.0. The number of nitrogens with zero attached hydrogens (tertiary/aromatic N) is 2. The van der Waals surface area contributed by atoms with Crippen LogP contribution in [0.5, 0.6) is 0 Å². The highest BCUT2D eigenvalue weighted by molar-refractivity contribution is 9.10. The molecule has 0 aliphatic carbocycles. The Morgan fingerprint density at radius 1 is 1.47 bits per heavy atom. The number of hydrogen-bond donors (Lipinski definition) is 1. The summed E-state index contributed by atoms with van der Waals surface area (Å²) in [4.78, 5) is 4.11. The van der Waals surface area contributed by atoms with E-state index in [1.165, 1.54) is 6.07 Å². The van der Waals surface area contributed by atoms with Crippen LogP contribution in [0.15, 0.2) is 35.2 Å². The van der Waals surface area contributed by atoms with Gasteiger partial charge in [-0.2, -0.15) is 0 Å². The van der Waals surface area contributed by atoms with Crippen molar-refractivity contribution in [3.05, 3.63) is 46.7 Å². The van der Waals surface area contributed by atoms with Crippen molar-refractivity contribution in [2.24, 2.45) is 0 Å². The molecule has 1 atom stereocenters. The Kier molecular flexibility index (Phi) is 3.63. The van der Waals surface area contributed by atoms with E-state index in [1.54, 1.807) is 23.2 Å². The summed E-state index contributed by atoms with van der Waals surface area (Å²) in [5, 5.41) is 3.26. The van der Waals surface area contributed by atoms with E-state index in [0.29, 0.717) is 23.3 Å². The van der Waals surface area contributed by atoms with Crippen molar-refractivity contribution < 1.29 is 9.13 Å². The predicted molar refractivity (Wildman–Crippen MR) is 72.8 cm³/mol. The van der Waals surface area contributed by atoms with E-state index in [-0.39, 0.29) is 11.9 Å². The summed E-state index contributed by atoms with van der Waals surface area (Å²) in [7, 11) is 0. The highest BCUT2D eigenvalue weighted by atomic mass is 79.9. The summed E-state index contributed by atoms with van der Waals surface area (Å²) in [5.41, 5.74) is 1.33. The maximum atomic E-state index is 14.0. The molecule has 0 amide bonds. The summed E-state index contributed by atoms with van der Waals surface area (Å²) < 4.78 is 22.2. The Hall–Kier alpha value is -1.24. The van der Waals surface area contributed by atoms with Gasteiger partial charge in [0.25, 0.3) is 0 Å². The topological polar surface area (TPSA) is 39.1 Å². The molecule has 1 N–H and O–H groups in total. The molecule has 3 rings (SSSR count). The van der Waals surface area contributed by atoms with Gasteiger partial charge >= 0.3 is 0 Å². The van der Waals surface area contributed by atoms with E-state index < -0.39 is 0 Å². The third-order valence-corrected chi connectivity index (χ3v) is 3.59. The number of aromatic nitrogens is 2. The standard InChI is InChI=1S/C13H13BrFN3O/c14-9-1-2-11(10(15)5-9)18-8-17-6-12(18)13-7-16-3-4-19-13/h1-2,5-6,8,13,16H,3-4,7H2. The first-order valence-electron chi connectivity index (χ1n) is 6.05. The van der Waals surface area contributed by atoms with E-state index in [4.69, 9.17) is 4.74 Å². The van der Waals surface area contributed by atoms with Gasteiger partial charge in [-0.05, 0) is 18.2 Å². The third-order valence-electron chi connectivity index (χ3n) is 3.09. The average Bonchev–Trinajstić information content (AvgIpc) is 2.89. The number of nitrogens with one attached hydrogen (secondary N) is 1. The Morgan fingerprint density at radius 3 is 3.11 bits per heavy atom. The number of rotatable bonds is 2. The third kappa shape index (κ3) is 2.56. The lowest BCUT2D eigenvalue weighted by Gasteiger charge is -2.24. The first-order valence-corrected chi connectivity index (χ1v) is 6.85. The second-order valence-electron chi connectivity index (χ2n) is 4.35. The molecule has 2 heterocycles. The molecule has 1 saturated heterocycles. The van der Waals surface area contributed by atoms with Gasteiger partial charge in [0.15, 0.2) is 0 Å². The van der Waals surface area contributed by atoms with E-state index >= 15 is 0 Å². The quantitative estimate of drug-likeness (QED) is 0.921. The summed E-state index contributed by atoms with van der Waals surface area (Å²) in [5.74, 6) is -0.294. The molecule has 1 fully saturated rings. The van der Waals surface area contributed by atoms with Crippen molar-refractivity contribution in [1.82, 2.24) is 14.9 Å². The fraction of sp³-hybridized carbons (Fsp3) is 0.308. The lowest BCUT2D eigenvalue weighted by atomic mass is 10.2. The van der Waals surface area contributed by atoms with Gasteiger partial charge < -0.3 is 10.1 Å². The summed E-state index contributed by atoms with van der Waals surface area (Å²) in [6, 6.07) is 4.97. The van der Waals surface area contributed by atoms with E-state index in [9.17, 15) is 4.39 Å². The molecule has 1 aromatic carbocycles. The molecule has 4 nitrogen and oxygen atoms in total. The molecule has 1 unspecified atom stereocenters. The van der Waals surface area contributed by atoms with Crippen LogP contribution in [0.4, 0.5) is 4.39 Å². The van der Waals surface area contributed by atoms with Gasteiger partial charge in [0.1, 0.15) is 11.9 Å². The van der Waals surface area contributed by atoms with E-state index in [1.807, 2.05) is 6.07 Å². The minimum atomic E-state index is -0.294. The predicted octanol–water partition coefficient (Wildman–Crippen LogP) is 2.43. The van der Waals surface area contributed by atoms with Gasteiger partial charge in [-0.15, -0.1) is 0 Å². The van der Waals surface area contributed by atoms with Crippen molar-refractivity contribution >= 4 is 15.9 Å². The minimum Gasteiger partial charge on any atom is -0.369 e. The Balaban J connectivity index is 1.99. The number of imidazole rings is 1. The number of hydrogen-bond acceptors (Lipinski definition) is 3. The molecular formula is C13H13BrFN3O. The fourth-order valence-electron chi connectivity index (χ4n) is 2.18. The van der Waals surface area contributed by atoms with Gasteiger partial charge in [0.2, 0.25) is 0 Å². The van der Waals surface area contributed by atoms with Crippen LogP contribution in [-0.2, 0) is 4.74 Å². The zero-order valence-corrected chi connectivity index (χ0v) is 11.7. The minimum absolute atomic E-state index is 0.0979. The van der Waals surface area contributed by atoms with Gasteiger partial charge in [-0.1, -0.05) is 15.9 Å². The van der Waals surface area contributed by atoms with Crippen LogP contribution < -0.4 is 5.32 Å². The van der Waals surface area contributed by atoms with Crippen LogP contribution in [0.3, 0.4) is 0 Å². The molecule has 100 valence electrons. The van der Waals surface area contributed by atoms with Gasteiger partial charge in [0, 0.05) is 17.6 Å². The summed E-state index contributed by atoms with van der Waals surface area (Å²) in [6.45, 7) is 2.21. The van der Waals surface area contributed by atoms with Crippen LogP contribution in [-0.4, -0.2) is 29.2 Å². The lowest BCUT2D eigenvalue weighted by Crippen LogP contribution is -2.34. The number of morpholine rings is 1. The summed E-state index contributed by atoms with van der Waals surface area (Å²) >= 11 is 3.26. The Bertz CT molecular complexity index is 581. The zero-order chi connectivity index (χ0) is 13.2. The maximum Gasteiger partial charge on any atom is 0.148 e. The molecule has 6 heteroatoms. The highest BCUT2D eigenvalue weighted by Crippen LogP contribution is 2.25. The van der Waals surface area contributed by atoms with Crippen molar-refractivity contribution in [3.63, 3.8) is 0 Å². The first kappa shape index (κ1) is 12.8. The van der Waals surface area contributed by atoms with Crippen molar-refractivity contribution in [2.75, 3.05) is 19.7 Å². The highest BCUT2D eigenvalue weighted by Gasteiger charge is 2.21. The molecule has 19 heavy (non-hydrogen) atoms. The first-order chi connectivity index (χ1) is 9.25. The SMILES string of the molecule is Fc1cc(Br)ccc1-n1cncc1C1CNCCO1. The second-order valence-corrected chi connectivity index (χ2v) is 5.26. The molecule has 0 radical (unpaired) electrons. The number of ether oxygens (including phenoxy) is 1. The van der Waals surface area contributed by atoms with Gasteiger partial charge in [0.05, 0.1) is 30.5 Å². The summed E-state index contributed by atoms with van der Waals surface area (Å²) in [6.07, 6.45) is 3.23. The molecule has 1 aliphatic heterocycles.